The maximum Gasteiger partial charge on any atom is 0.326 e. The monoisotopic (exact) mass is 377 g/mol. The average Bonchev–Trinajstić information content (AvgIpc) is 2.55. The molecule has 4 atom stereocenters. The molecule has 0 rings (SSSR count). The SMILES string of the molecule is CC(N)C(=O)NC(CO)C(=O)NC(CO)C(=O)NC(CC(N)=O)C(=O)O. The summed E-state index contributed by atoms with van der Waals surface area (Å²) in [6.07, 6.45) is -0.698. The van der Waals surface area contributed by atoms with Crippen LogP contribution in [0, 0.1) is 0 Å². The number of nitrogens with two attached hydrogens (primary N) is 2. The van der Waals surface area contributed by atoms with Crippen LogP contribution in [-0.2, 0) is 24.0 Å². The first-order valence-corrected chi connectivity index (χ1v) is 7.43. The van der Waals surface area contributed by atoms with Crippen molar-refractivity contribution < 1.29 is 39.3 Å². The Labute approximate surface area is 148 Å². The lowest BCUT2D eigenvalue weighted by Crippen LogP contribution is -2.59. The Balaban J connectivity index is 4.96. The normalized spacial score (nSPS) is 15.1. The molecule has 0 aromatic carbocycles. The van der Waals surface area contributed by atoms with Crippen LogP contribution in [0.3, 0.4) is 0 Å². The summed E-state index contributed by atoms with van der Waals surface area (Å²) >= 11 is 0. The van der Waals surface area contributed by atoms with Crippen LogP contribution in [0.15, 0.2) is 0 Å². The number of carbonyl (C=O) groups is 5. The quantitative estimate of drug-likeness (QED) is 0.171. The molecule has 0 spiro atoms. The molecule has 0 aliphatic rings. The summed E-state index contributed by atoms with van der Waals surface area (Å²) < 4.78 is 0. The number of aliphatic carboxylic acids is 1. The highest BCUT2D eigenvalue weighted by molar-refractivity contribution is 5.94. The van der Waals surface area contributed by atoms with E-state index in [2.05, 4.69) is 5.32 Å². The van der Waals surface area contributed by atoms with Gasteiger partial charge >= 0.3 is 5.97 Å². The molecule has 4 unspecified atom stereocenters. The zero-order valence-electron chi connectivity index (χ0n) is 14.0. The minimum atomic E-state index is -1.66. The smallest absolute Gasteiger partial charge is 0.326 e. The largest absolute Gasteiger partial charge is 0.480 e. The number of nitrogens with one attached hydrogen (secondary N) is 3. The number of carboxylic acids is 1. The molecule has 0 fully saturated rings. The molecule has 0 aliphatic heterocycles. The topological polar surface area (TPSA) is 234 Å². The number of carboxylic acid groups (broad SMARTS) is 1. The maximum atomic E-state index is 12.0. The van der Waals surface area contributed by atoms with Crippen LogP contribution in [0.25, 0.3) is 0 Å². The predicted molar refractivity (Wildman–Crippen MR) is 85.1 cm³/mol. The van der Waals surface area contributed by atoms with Crippen LogP contribution in [0.2, 0.25) is 0 Å². The van der Waals surface area contributed by atoms with Gasteiger partial charge in [0.05, 0.1) is 25.7 Å². The maximum absolute atomic E-state index is 12.0. The van der Waals surface area contributed by atoms with E-state index in [-0.39, 0.29) is 0 Å². The van der Waals surface area contributed by atoms with Gasteiger partial charge < -0.3 is 42.7 Å². The van der Waals surface area contributed by atoms with Crippen molar-refractivity contribution in [3.8, 4) is 0 Å². The van der Waals surface area contributed by atoms with Gasteiger partial charge in [-0.15, -0.1) is 0 Å². The standard InChI is InChI=1S/C13H23N5O8/c1-5(14)10(22)17-7(3-19)12(24)18-8(4-20)11(23)16-6(13(25)26)2-9(15)21/h5-8,19-20H,2-4,14H2,1H3,(H2,15,21)(H,16,23)(H,17,22)(H,18,24)(H,25,26). The minimum Gasteiger partial charge on any atom is -0.480 e. The van der Waals surface area contributed by atoms with Gasteiger partial charge in [-0.1, -0.05) is 0 Å². The van der Waals surface area contributed by atoms with E-state index in [1.807, 2.05) is 10.6 Å². The Morgan fingerprint density at radius 2 is 1.23 bits per heavy atom. The van der Waals surface area contributed by atoms with Crippen molar-refractivity contribution in [3.05, 3.63) is 0 Å². The highest BCUT2D eigenvalue weighted by Gasteiger charge is 2.29. The molecule has 13 nitrogen and oxygen atoms in total. The number of hydrogen-bond donors (Lipinski definition) is 8. The molecule has 0 aromatic rings. The number of hydrogen-bond acceptors (Lipinski definition) is 8. The molecule has 0 saturated carbocycles. The second-order valence-electron chi connectivity index (χ2n) is 5.35. The lowest BCUT2D eigenvalue weighted by Gasteiger charge is -2.22. The van der Waals surface area contributed by atoms with Crippen LogP contribution < -0.4 is 27.4 Å². The Bertz CT molecular complexity index is 553. The van der Waals surface area contributed by atoms with E-state index >= 15 is 0 Å². The second-order valence-corrected chi connectivity index (χ2v) is 5.35. The van der Waals surface area contributed by atoms with E-state index in [1.54, 1.807) is 0 Å². The molecule has 10 N–H and O–H groups in total. The average molecular weight is 377 g/mol. The Hall–Kier alpha value is -2.77. The van der Waals surface area contributed by atoms with E-state index in [4.69, 9.17) is 21.7 Å². The molecule has 0 radical (unpaired) electrons. The Kier molecular flexibility index (Phi) is 9.80. The van der Waals surface area contributed by atoms with Crippen molar-refractivity contribution in [1.82, 2.24) is 16.0 Å². The van der Waals surface area contributed by atoms with E-state index < -0.39 is 73.4 Å². The molecule has 0 bridgehead atoms. The highest BCUT2D eigenvalue weighted by atomic mass is 16.4. The molecule has 4 amide bonds. The van der Waals surface area contributed by atoms with E-state index in [1.165, 1.54) is 6.92 Å². The van der Waals surface area contributed by atoms with Gasteiger partial charge in [0.2, 0.25) is 23.6 Å². The molecule has 0 aliphatic carbocycles. The van der Waals surface area contributed by atoms with E-state index in [9.17, 15) is 29.1 Å². The summed E-state index contributed by atoms with van der Waals surface area (Å²) in [5, 5.41) is 33.4. The van der Waals surface area contributed by atoms with Crippen molar-refractivity contribution in [2.24, 2.45) is 11.5 Å². The summed E-state index contributed by atoms with van der Waals surface area (Å²) in [7, 11) is 0. The molecular formula is C13H23N5O8. The molecule has 0 heterocycles. The molecule has 26 heavy (non-hydrogen) atoms. The van der Waals surface area contributed by atoms with Crippen LogP contribution in [0.5, 0.6) is 0 Å². The summed E-state index contributed by atoms with van der Waals surface area (Å²) in [6.45, 7) is -0.389. The molecular weight excluding hydrogens is 354 g/mol. The number of aliphatic hydroxyl groups excluding tert-OH is 2. The van der Waals surface area contributed by atoms with Gasteiger partial charge in [0.25, 0.3) is 0 Å². The fourth-order valence-corrected chi connectivity index (χ4v) is 1.64. The van der Waals surface area contributed by atoms with Crippen LogP contribution >= 0.6 is 0 Å². The lowest BCUT2D eigenvalue weighted by atomic mass is 10.1. The Morgan fingerprint density at radius 1 is 0.846 bits per heavy atom. The van der Waals surface area contributed by atoms with Gasteiger partial charge in [-0.3, -0.25) is 19.2 Å². The van der Waals surface area contributed by atoms with Crippen molar-refractivity contribution in [2.75, 3.05) is 13.2 Å². The van der Waals surface area contributed by atoms with Crippen LogP contribution in [-0.4, -0.2) is 82.3 Å². The van der Waals surface area contributed by atoms with E-state index in [0.29, 0.717) is 0 Å². The predicted octanol–water partition coefficient (Wildman–Crippen LogP) is -5.27. The zero-order chi connectivity index (χ0) is 20.4. The van der Waals surface area contributed by atoms with Gasteiger partial charge in [0.15, 0.2) is 0 Å². The van der Waals surface area contributed by atoms with Crippen LogP contribution in [0.4, 0.5) is 0 Å². The fraction of sp³-hybridized carbons (Fsp3) is 0.615. The first-order chi connectivity index (χ1) is 12.0. The number of rotatable bonds is 11. The van der Waals surface area contributed by atoms with Gasteiger partial charge in [0, 0.05) is 0 Å². The third-order valence-electron chi connectivity index (χ3n) is 3.06. The third kappa shape index (κ3) is 7.87. The first kappa shape index (κ1) is 23.2. The zero-order valence-corrected chi connectivity index (χ0v) is 14.0. The van der Waals surface area contributed by atoms with Crippen LogP contribution in [0.1, 0.15) is 13.3 Å². The molecule has 0 saturated heterocycles. The summed E-state index contributed by atoms with van der Waals surface area (Å²) in [5.74, 6) is -5.39. The highest BCUT2D eigenvalue weighted by Crippen LogP contribution is 1.95. The van der Waals surface area contributed by atoms with E-state index in [0.717, 1.165) is 0 Å². The number of primary amides is 1. The van der Waals surface area contributed by atoms with Gasteiger partial charge in [-0.05, 0) is 6.92 Å². The number of carbonyl (C=O) groups excluding carboxylic acids is 4. The molecule has 0 aromatic heterocycles. The lowest BCUT2D eigenvalue weighted by molar-refractivity contribution is -0.144. The summed E-state index contributed by atoms with van der Waals surface area (Å²) in [5.41, 5.74) is 10.2. The third-order valence-corrected chi connectivity index (χ3v) is 3.06. The Morgan fingerprint density at radius 3 is 1.54 bits per heavy atom. The van der Waals surface area contributed by atoms with Crippen molar-refractivity contribution in [3.63, 3.8) is 0 Å². The summed E-state index contributed by atoms with van der Waals surface area (Å²) in [6, 6.07) is -5.66. The van der Waals surface area contributed by atoms with Crippen molar-refractivity contribution in [1.29, 1.82) is 0 Å². The first-order valence-electron chi connectivity index (χ1n) is 7.43. The number of amides is 4. The molecule has 148 valence electrons. The fourth-order valence-electron chi connectivity index (χ4n) is 1.64. The van der Waals surface area contributed by atoms with Crippen molar-refractivity contribution in [2.45, 2.75) is 37.5 Å². The van der Waals surface area contributed by atoms with Gasteiger partial charge in [0.1, 0.15) is 18.1 Å². The minimum absolute atomic E-state index is 0.698. The second kappa shape index (κ2) is 11.0. The van der Waals surface area contributed by atoms with Gasteiger partial charge in [-0.2, -0.15) is 0 Å². The molecule has 13 heteroatoms. The summed E-state index contributed by atoms with van der Waals surface area (Å²) in [4.78, 5) is 57.2. The van der Waals surface area contributed by atoms with Gasteiger partial charge in [-0.25, -0.2) is 4.79 Å². The number of aliphatic hydroxyl groups is 2. The van der Waals surface area contributed by atoms with Crippen molar-refractivity contribution >= 4 is 29.6 Å².